The molecule has 0 aliphatic carbocycles. The van der Waals surface area contributed by atoms with Gasteiger partial charge in [0.15, 0.2) is 0 Å². The minimum Gasteiger partial charge on any atom is -0.254 e. The van der Waals surface area contributed by atoms with Gasteiger partial charge in [-0.05, 0) is 115 Å². The van der Waals surface area contributed by atoms with Crippen molar-refractivity contribution >= 4 is 21.8 Å². The number of hydrogen-bond donors (Lipinski definition) is 0. The molecule has 0 aliphatic rings. The SMILES string of the molecule is Cc1cnc2c(c1C)c(C)c(C)c1c(C)c(C)c(-c3cc(-c4ccccc4)cc(-c4ccccc4)c3)nc12. The van der Waals surface area contributed by atoms with Crippen molar-refractivity contribution in [2.24, 2.45) is 0 Å². The highest BCUT2D eigenvalue weighted by Crippen LogP contribution is 2.39. The summed E-state index contributed by atoms with van der Waals surface area (Å²) >= 11 is 0. The second kappa shape index (κ2) is 9.22. The van der Waals surface area contributed by atoms with Crippen LogP contribution in [0.15, 0.2) is 85.1 Å². The van der Waals surface area contributed by atoms with Crippen molar-refractivity contribution in [2.75, 3.05) is 0 Å². The van der Waals surface area contributed by atoms with E-state index in [1.165, 1.54) is 66.4 Å². The third-order valence-corrected chi connectivity index (χ3v) is 8.30. The van der Waals surface area contributed by atoms with Gasteiger partial charge < -0.3 is 0 Å². The van der Waals surface area contributed by atoms with Gasteiger partial charge in [0.2, 0.25) is 0 Å². The number of nitrogens with zero attached hydrogens (tertiary/aromatic N) is 2. The molecule has 0 amide bonds. The van der Waals surface area contributed by atoms with Gasteiger partial charge >= 0.3 is 0 Å². The van der Waals surface area contributed by atoms with Crippen LogP contribution in [0.4, 0.5) is 0 Å². The van der Waals surface area contributed by atoms with E-state index in [2.05, 4.69) is 120 Å². The molecule has 2 nitrogen and oxygen atoms in total. The molecule has 0 N–H and O–H groups in total. The average Bonchev–Trinajstić information content (AvgIpc) is 2.95. The van der Waals surface area contributed by atoms with E-state index >= 15 is 0 Å². The molecule has 4 aromatic carbocycles. The Morgan fingerprint density at radius 2 is 0.921 bits per heavy atom. The lowest BCUT2D eigenvalue weighted by Crippen LogP contribution is -2.02. The van der Waals surface area contributed by atoms with Crippen LogP contribution in [0.5, 0.6) is 0 Å². The maximum atomic E-state index is 5.41. The van der Waals surface area contributed by atoms with E-state index in [4.69, 9.17) is 9.97 Å². The highest BCUT2D eigenvalue weighted by molar-refractivity contribution is 6.09. The Hall–Kier alpha value is -4.30. The summed E-state index contributed by atoms with van der Waals surface area (Å²) in [5.41, 5.74) is 16.5. The highest BCUT2D eigenvalue weighted by atomic mass is 14.8. The Labute approximate surface area is 225 Å². The molecular formula is C36H32N2. The number of pyridine rings is 2. The third-order valence-electron chi connectivity index (χ3n) is 8.30. The van der Waals surface area contributed by atoms with Gasteiger partial charge in [-0.3, -0.25) is 4.98 Å². The summed E-state index contributed by atoms with van der Waals surface area (Å²) in [4.78, 5) is 10.4. The smallest absolute Gasteiger partial charge is 0.0977 e. The van der Waals surface area contributed by atoms with Crippen LogP contribution < -0.4 is 0 Å². The Balaban J connectivity index is 1.70. The monoisotopic (exact) mass is 492 g/mol. The molecule has 2 heterocycles. The number of hydrogen-bond acceptors (Lipinski definition) is 2. The highest BCUT2D eigenvalue weighted by Gasteiger charge is 2.20. The molecule has 0 unspecified atom stereocenters. The van der Waals surface area contributed by atoms with Gasteiger partial charge in [0.05, 0.1) is 16.7 Å². The predicted octanol–water partition coefficient (Wildman–Crippen LogP) is 9.63. The molecule has 2 heteroatoms. The summed E-state index contributed by atoms with van der Waals surface area (Å²) in [5.74, 6) is 0. The van der Waals surface area contributed by atoms with E-state index in [9.17, 15) is 0 Å². The summed E-state index contributed by atoms with van der Waals surface area (Å²) < 4.78 is 0. The first kappa shape index (κ1) is 24.1. The lowest BCUT2D eigenvalue weighted by atomic mass is 9.89. The maximum absolute atomic E-state index is 5.41. The van der Waals surface area contributed by atoms with Crippen molar-refractivity contribution < 1.29 is 0 Å². The molecule has 0 spiro atoms. The van der Waals surface area contributed by atoms with Gasteiger partial charge in [-0.15, -0.1) is 0 Å². The second-order valence-corrected chi connectivity index (χ2v) is 10.5. The fourth-order valence-electron chi connectivity index (χ4n) is 5.78. The van der Waals surface area contributed by atoms with Crippen molar-refractivity contribution in [1.82, 2.24) is 9.97 Å². The molecule has 0 radical (unpaired) electrons. The van der Waals surface area contributed by atoms with E-state index in [1.54, 1.807) is 0 Å². The maximum Gasteiger partial charge on any atom is 0.0977 e. The number of aromatic nitrogens is 2. The topological polar surface area (TPSA) is 25.8 Å². The molecule has 6 aromatic rings. The fraction of sp³-hybridized carbons (Fsp3) is 0.167. The van der Waals surface area contributed by atoms with Crippen molar-refractivity contribution in [1.29, 1.82) is 0 Å². The Kier molecular flexibility index (Phi) is 5.84. The third kappa shape index (κ3) is 3.80. The minimum atomic E-state index is 0.996. The molecule has 0 aliphatic heterocycles. The van der Waals surface area contributed by atoms with Crippen molar-refractivity contribution in [3.63, 3.8) is 0 Å². The summed E-state index contributed by atoms with van der Waals surface area (Å²) in [5, 5.41) is 2.47. The predicted molar refractivity (Wildman–Crippen MR) is 162 cm³/mol. The molecule has 0 atom stereocenters. The van der Waals surface area contributed by atoms with Crippen LogP contribution >= 0.6 is 0 Å². The Bertz CT molecular complexity index is 1790. The first-order valence-corrected chi connectivity index (χ1v) is 13.3. The molecule has 186 valence electrons. The minimum absolute atomic E-state index is 0.996. The molecule has 38 heavy (non-hydrogen) atoms. The molecule has 2 aromatic heterocycles. The number of aryl methyl sites for hydroxylation is 5. The van der Waals surface area contributed by atoms with Gasteiger partial charge in [0.25, 0.3) is 0 Å². The van der Waals surface area contributed by atoms with Gasteiger partial charge in [-0.25, -0.2) is 4.98 Å². The summed E-state index contributed by atoms with van der Waals surface area (Å²) in [6.45, 7) is 13.2. The van der Waals surface area contributed by atoms with Crippen LogP contribution in [0.25, 0.3) is 55.3 Å². The summed E-state index contributed by atoms with van der Waals surface area (Å²) in [6, 6.07) is 28.1. The lowest BCUT2D eigenvalue weighted by molar-refractivity contribution is 1.23. The molecule has 0 saturated carbocycles. The van der Waals surface area contributed by atoms with E-state index < -0.39 is 0 Å². The van der Waals surface area contributed by atoms with Crippen LogP contribution in [0, 0.1) is 41.5 Å². The zero-order valence-corrected chi connectivity index (χ0v) is 23.0. The molecule has 0 bridgehead atoms. The van der Waals surface area contributed by atoms with Crippen molar-refractivity contribution in [3.8, 4) is 33.5 Å². The zero-order valence-electron chi connectivity index (χ0n) is 23.0. The summed E-state index contributed by atoms with van der Waals surface area (Å²) in [6.07, 6.45) is 1.99. The molecule has 6 rings (SSSR count). The first-order valence-electron chi connectivity index (χ1n) is 13.3. The molecular weight excluding hydrogens is 460 g/mol. The number of fused-ring (bicyclic) bond motifs is 3. The van der Waals surface area contributed by atoms with E-state index in [0.29, 0.717) is 0 Å². The van der Waals surface area contributed by atoms with Crippen LogP contribution in [-0.4, -0.2) is 9.97 Å². The van der Waals surface area contributed by atoms with E-state index in [0.717, 1.165) is 22.3 Å². The molecule has 0 fully saturated rings. The van der Waals surface area contributed by atoms with Gasteiger partial charge in [0, 0.05) is 22.5 Å². The van der Waals surface area contributed by atoms with E-state index in [-0.39, 0.29) is 0 Å². The average molecular weight is 493 g/mol. The molecule has 0 saturated heterocycles. The van der Waals surface area contributed by atoms with Crippen LogP contribution in [0.3, 0.4) is 0 Å². The van der Waals surface area contributed by atoms with Crippen LogP contribution in [0.1, 0.15) is 33.4 Å². The van der Waals surface area contributed by atoms with Gasteiger partial charge in [-0.2, -0.15) is 0 Å². The Morgan fingerprint density at radius 3 is 1.47 bits per heavy atom. The number of rotatable bonds is 3. The van der Waals surface area contributed by atoms with Crippen LogP contribution in [-0.2, 0) is 0 Å². The normalized spacial score (nSPS) is 11.4. The van der Waals surface area contributed by atoms with Crippen molar-refractivity contribution in [3.05, 3.63) is 118 Å². The van der Waals surface area contributed by atoms with Crippen molar-refractivity contribution in [2.45, 2.75) is 41.5 Å². The van der Waals surface area contributed by atoms with Gasteiger partial charge in [0.1, 0.15) is 0 Å². The van der Waals surface area contributed by atoms with Crippen LogP contribution in [0.2, 0.25) is 0 Å². The second-order valence-electron chi connectivity index (χ2n) is 10.5. The summed E-state index contributed by atoms with van der Waals surface area (Å²) in [7, 11) is 0. The first-order chi connectivity index (χ1) is 18.3. The lowest BCUT2D eigenvalue weighted by Gasteiger charge is -2.19. The zero-order chi connectivity index (χ0) is 26.6. The largest absolute Gasteiger partial charge is 0.254 e. The Morgan fingerprint density at radius 1 is 0.447 bits per heavy atom. The standard InChI is InChI=1S/C36H32N2/c1-21-20-37-35-32(22(21)2)23(3)24(4)33-25(5)26(6)34(38-36(33)35)31-18-29(27-13-9-7-10-14-27)17-30(19-31)28-15-11-8-12-16-28/h7-20H,1-6H3. The van der Waals surface area contributed by atoms with Gasteiger partial charge in [-0.1, -0.05) is 60.7 Å². The fourth-order valence-corrected chi connectivity index (χ4v) is 5.78. The number of benzene rings is 4. The quantitative estimate of drug-likeness (QED) is 0.230. The van der Waals surface area contributed by atoms with E-state index in [1.807, 2.05) is 6.20 Å².